The van der Waals surface area contributed by atoms with Gasteiger partial charge >= 0.3 is 0 Å². The third kappa shape index (κ3) is 2.56. The first-order valence-electron chi connectivity index (χ1n) is 5.27. The zero-order chi connectivity index (χ0) is 13.3. The summed E-state index contributed by atoms with van der Waals surface area (Å²) in [5, 5.41) is 0.00625. The van der Waals surface area contributed by atoms with Crippen LogP contribution < -0.4 is 5.56 Å². The molecular formula is C12H9ClFIN2O. The van der Waals surface area contributed by atoms with Gasteiger partial charge in [-0.25, -0.2) is 9.37 Å². The van der Waals surface area contributed by atoms with Crippen LogP contribution in [0.15, 0.2) is 23.0 Å². The van der Waals surface area contributed by atoms with E-state index in [-0.39, 0.29) is 10.6 Å². The van der Waals surface area contributed by atoms with E-state index in [1.54, 1.807) is 0 Å². The highest BCUT2D eigenvalue weighted by atomic mass is 127. The van der Waals surface area contributed by atoms with Crippen LogP contribution in [-0.4, -0.2) is 9.97 Å². The van der Waals surface area contributed by atoms with Gasteiger partial charge in [-0.2, -0.15) is 0 Å². The lowest BCUT2D eigenvalue weighted by atomic mass is 10.2. The second-order valence-corrected chi connectivity index (χ2v) is 5.14. The average Bonchev–Trinajstić information content (AvgIpc) is 2.36. The summed E-state index contributed by atoms with van der Waals surface area (Å²) in [6, 6.07) is 4.23. The minimum atomic E-state index is -0.496. The van der Waals surface area contributed by atoms with Gasteiger partial charge in [0, 0.05) is 5.56 Å². The van der Waals surface area contributed by atoms with Crippen molar-refractivity contribution in [1.82, 2.24) is 9.97 Å². The highest BCUT2D eigenvalue weighted by molar-refractivity contribution is 14.1. The van der Waals surface area contributed by atoms with E-state index in [1.807, 2.05) is 29.5 Å². The number of aryl methyl sites for hydroxylation is 1. The van der Waals surface area contributed by atoms with E-state index in [1.165, 1.54) is 18.2 Å². The predicted octanol–water partition coefficient (Wildman–Crippen LogP) is 3.40. The smallest absolute Gasteiger partial charge is 0.264 e. The largest absolute Gasteiger partial charge is 0.306 e. The molecule has 1 aromatic carbocycles. The van der Waals surface area contributed by atoms with Crippen molar-refractivity contribution < 1.29 is 4.39 Å². The Labute approximate surface area is 122 Å². The Kier molecular flexibility index (Phi) is 4.01. The minimum absolute atomic E-state index is 0.00625. The van der Waals surface area contributed by atoms with Gasteiger partial charge in [0.2, 0.25) is 0 Å². The third-order valence-corrected chi connectivity index (χ3v) is 3.86. The fourth-order valence-corrected chi connectivity index (χ4v) is 2.34. The summed E-state index contributed by atoms with van der Waals surface area (Å²) in [4.78, 5) is 18.7. The molecule has 1 heterocycles. The first-order valence-corrected chi connectivity index (χ1v) is 6.72. The molecule has 6 heteroatoms. The Balaban J connectivity index is 2.60. The summed E-state index contributed by atoms with van der Waals surface area (Å²) in [7, 11) is 0. The molecule has 0 saturated heterocycles. The van der Waals surface area contributed by atoms with E-state index in [9.17, 15) is 9.18 Å². The molecule has 0 aliphatic heterocycles. The van der Waals surface area contributed by atoms with Gasteiger partial charge in [0.1, 0.15) is 11.6 Å². The fraction of sp³-hybridized carbons (Fsp3) is 0.167. The number of hydrogen-bond acceptors (Lipinski definition) is 2. The maximum atomic E-state index is 13.1. The van der Waals surface area contributed by atoms with Crippen LogP contribution in [0.1, 0.15) is 12.6 Å². The van der Waals surface area contributed by atoms with Gasteiger partial charge in [0.25, 0.3) is 5.56 Å². The number of H-pyrrole nitrogens is 1. The quantitative estimate of drug-likeness (QED) is 0.814. The lowest BCUT2D eigenvalue weighted by Gasteiger charge is -2.05. The van der Waals surface area contributed by atoms with E-state index in [0.29, 0.717) is 21.4 Å². The number of halogens is 3. The van der Waals surface area contributed by atoms with Crippen molar-refractivity contribution in [3.63, 3.8) is 0 Å². The monoisotopic (exact) mass is 378 g/mol. The Morgan fingerprint density at radius 3 is 2.83 bits per heavy atom. The van der Waals surface area contributed by atoms with Crippen molar-refractivity contribution in [2.75, 3.05) is 0 Å². The zero-order valence-corrected chi connectivity index (χ0v) is 12.3. The van der Waals surface area contributed by atoms with Crippen LogP contribution in [0, 0.1) is 9.39 Å². The Morgan fingerprint density at radius 1 is 1.50 bits per heavy atom. The van der Waals surface area contributed by atoms with E-state index >= 15 is 0 Å². The summed E-state index contributed by atoms with van der Waals surface area (Å²) >= 11 is 7.67. The topological polar surface area (TPSA) is 45.8 Å². The van der Waals surface area contributed by atoms with Gasteiger partial charge in [0.15, 0.2) is 0 Å². The summed E-state index contributed by atoms with van der Waals surface area (Å²) < 4.78 is 13.7. The van der Waals surface area contributed by atoms with Crippen molar-refractivity contribution in [2.45, 2.75) is 13.3 Å². The predicted molar refractivity (Wildman–Crippen MR) is 77.4 cm³/mol. The zero-order valence-electron chi connectivity index (χ0n) is 9.43. The maximum Gasteiger partial charge on any atom is 0.264 e. The molecule has 0 aliphatic rings. The molecule has 1 aromatic heterocycles. The van der Waals surface area contributed by atoms with Crippen LogP contribution >= 0.6 is 34.2 Å². The Hall–Kier alpha value is -0.950. The number of benzene rings is 1. The lowest BCUT2D eigenvalue weighted by Crippen LogP contribution is -2.16. The van der Waals surface area contributed by atoms with Gasteiger partial charge in [-0.05, 0) is 47.2 Å². The normalized spacial score (nSPS) is 10.7. The van der Waals surface area contributed by atoms with Crippen LogP contribution in [0.4, 0.5) is 4.39 Å². The number of nitrogens with one attached hydrogen (secondary N) is 1. The molecule has 0 atom stereocenters. The number of aromatic amines is 1. The number of hydrogen-bond donors (Lipinski definition) is 1. The molecule has 1 N–H and O–H groups in total. The molecule has 0 amide bonds. The first kappa shape index (κ1) is 13.5. The Bertz CT molecular complexity index is 657. The summed E-state index contributed by atoms with van der Waals surface area (Å²) in [6.45, 7) is 1.92. The van der Waals surface area contributed by atoms with Gasteiger partial charge in [-0.1, -0.05) is 18.5 Å². The number of nitrogens with zero attached hydrogens (tertiary/aromatic N) is 1. The van der Waals surface area contributed by atoms with E-state index < -0.39 is 5.82 Å². The SMILES string of the molecule is CCc1nc(-c2ccc(F)c(Cl)c2)[nH]c(=O)c1I. The number of rotatable bonds is 2. The molecule has 0 fully saturated rings. The van der Waals surface area contributed by atoms with Crippen molar-refractivity contribution in [3.8, 4) is 11.4 Å². The van der Waals surface area contributed by atoms with Crippen LogP contribution in [-0.2, 0) is 6.42 Å². The molecule has 2 aromatic rings. The molecule has 0 radical (unpaired) electrons. The minimum Gasteiger partial charge on any atom is -0.306 e. The van der Waals surface area contributed by atoms with Crippen molar-refractivity contribution in [2.24, 2.45) is 0 Å². The summed E-state index contributed by atoms with van der Waals surface area (Å²) in [6.07, 6.45) is 0.657. The summed E-state index contributed by atoms with van der Waals surface area (Å²) in [5.74, 6) is -0.0943. The molecule has 0 unspecified atom stereocenters. The van der Waals surface area contributed by atoms with Gasteiger partial charge in [0.05, 0.1) is 14.3 Å². The standard InChI is InChI=1S/C12H9ClFIN2O/c1-2-9-10(15)12(18)17-11(16-9)6-3-4-8(14)7(13)5-6/h3-5H,2H2,1H3,(H,16,17,18). The highest BCUT2D eigenvalue weighted by Crippen LogP contribution is 2.22. The first-order chi connectivity index (χ1) is 8.52. The van der Waals surface area contributed by atoms with Crippen molar-refractivity contribution in [3.05, 3.63) is 48.7 Å². The summed E-state index contributed by atoms with van der Waals surface area (Å²) in [5.41, 5.74) is 1.11. The van der Waals surface area contributed by atoms with Crippen LogP contribution in [0.2, 0.25) is 5.02 Å². The Morgan fingerprint density at radius 2 is 2.22 bits per heavy atom. The van der Waals surface area contributed by atoms with Gasteiger partial charge in [-0.3, -0.25) is 4.79 Å². The van der Waals surface area contributed by atoms with Gasteiger partial charge < -0.3 is 4.98 Å². The van der Waals surface area contributed by atoms with E-state index in [0.717, 1.165) is 5.69 Å². The molecule has 0 bridgehead atoms. The maximum absolute atomic E-state index is 13.1. The average molecular weight is 379 g/mol. The molecule has 0 saturated carbocycles. The lowest BCUT2D eigenvalue weighted by molar-refractivity contribution is 0.628. The van der Waals surface area contributed by atoms with E-state index in [2.05, 4.69) is 9.97 Å². The number of aromatic nitrogens is 2. The van der Waals surface area contributed by atoms with Gasteiger partial charge in [-0.15, -0.1) is 0 Å². The van der Waals surface area contributed by atoms with Crippen LogP contribution in [0.3, 0.4) is 0 Å². The molecule has 94 valence electrons. The van der Waals surface area contributed by atoms with Crippen molar-refractivity contribution in [1.29, 1.82) is 0 Å². The highest BCUT2D eigenvalue weighted by Gasteiger charge is 2.10. The molecule has 0 aliphatic carbocycles. The fourth-order valence-electron chi connectivity index (χ4n) is 1.52. The molecular weight excluding hydrogens is 370 g/mol. The van der Waals surface area contributed by atoms with Crippen LogP contribution in [0.5, 0.6) is 0 Å². The second kappa shape index (κ2) is 5.36. The van der Waals surface area contributed by atoms with Crippen LogP contribution in [0.25, 0.3) is 11.4 Å². The molecule has 0 spiro atoms. The molecule has 18 heavy (non-hydrogen) atoms. The molecule has 3 nitrogen and oxygen atoms in total. The molecule has 2 rings (SSSR count). The van der Waals surface area contributed by atoms with Crippen molar-refractivity contribution >= 4 is 34.2 Å². The van der Waals surface area contributed by atoms with E-state index in [4.69, 9.17) is 11.6 Å². The third-order valence-electron chi connectivity index (χ3n) is 2.46. The second-order valence-electron chi connectivity index (χ2n) is 3.66.